The molecule has 0 unspecified atom stereocenters. The van der Waals surface area contributed by atoms with E-state index in [0.29, 0.717) is 29.1 Å². The summed E-state index contributed by atoms with van der Waals surface area (Å²) in [5, 5.41) is 13.3. The van der Waals surface area contributed by atoms with E-state index >= 15 is 0 Å². The lowest BCUT2D eigenvalue weighted by Crippen LogP contribution is -2.23. The minimum absolute atomic E-state index is 0.0111. The minimum Gasteiger partial charge on any atom is -0.479 e. The molecule has 0 saturated carbocycles. The van der Waals surface area contributed by atoms with Crippen molar-refractivity contribution in [1.29, 1.82) is 5.26 Å². The van der Waals surface area contributed by atoms with Crippen molar-refractivity contribution >= 4 is 23.1 Å². The molecule has 0 atom stereocenters. The predicted octanol–water partition coefficient (Wildman–Crippen LogP) is 2.76. The summed E-state index contributed by atoms with van der Waals surface area (Å²) < 4.78 is 6.74. The standard InChI is InChI=1S/C19H17N5O2/c1-2-24-18(25)16-5-3-4-6-17(16)22-19(24)23-21-13-14-7-9-15(10-8-14)26-12-11-20/h3-10,13H,2,12H2,1H3,(H,22,23)/b21-13-. The minimum atomic E-state index is -0.102. The number of benzene rings is 2. The van der Waals surface area contributed by atoms with Crippen LogP contribution in [0.4, 0.5) is 5.95 Å². The summed E-state index contributed by atoms with van der Waals surface area (Å²) in [6.07, 6.45) is 1.62. The zero-order valence-corrected chi connectivity index (χ0v) is 14.2. The van der Waals surface area contributed by atoms with Crippen LogP contribution >= 0.6 is 0 Å². The molecule has 0 aliphatic carbocycles. The molecular formula is C19H17N5O2. The van der Waals surface area contributed by atoms with E-state index in [1.165, 1.54) is 0 Å². The lowest BCUT2D eigenvalue weighted by Gasteiger charge is -2.10. The van der Waals surface area contributed by atoms with Crippen LogP contribution in [0.3, 0.4) is 0 Å². The molecular weight excluding hydrogens is 330 g/mol. The average molecular weight is 347 g/mol. The molecule has 1 heterocycles. The molecule has 1 aromatic heterocycles. The quantitative estimate of drug-likeness (QED) is 0.547. The Hall–Kier alpha value is -3.66. The topological polar surface area (TPSA) is 92.3 Å². The molecule has 0 aliphatic heterocycles. The first-order chi connectivity index (χ1) is 12.7. The van der Waals surface area contributed by atoms with Crippen LogP contribution in [0, 0.1) is 11.3 Å². The number of nitrogens with zero attached hydrogens (tertiary/aromatic N) is 4. The number of anilines is 1. The van der Waals surface area contributed by atoms with Crippen LogP contribution in [0.25, 0.3) is 10.9 Å². The van der Waals surface area contributed by atoms with Gasteiger partial charge in [-0.05, 0) is 48.9 Å². The molecule has 0 fully saturated rings. The van der Waals surface area contributed by atoms with Gasteiger partial charge in [-0.15, -0.1) is 0 Å². The fraction of sp³-hybridized carbons (Fsp3) is 0.158. The Labute approximate surface area is 150 Å². The summed E-state index contributed by atoms with van der Waals surface area (Å²) in [5.41, 5.74) is 4.20. The number of fused-ring (bicyclic) bond motifs is 1. The predicted molar refractivity (Wildman–Crippen MR) is 100 cm³/mol. The molecule has 3 aromatic rings. The van der Waals surface area contributed by atoms with Crippen LogP contribution in [-0.2, 0) is 6.54 Å². The summed E-state index contributed by atoms with van der Waals surface area (Å²) in [6.45, 7) is 2.38. The Morgan fingerprint density at radius 2 is 2.04 bits per heavy atom. The van der Waals surface area contributed by atoms with E-state index in [1.807, 2.05) is 37.3 Å². The Bertz CT molecular complexity index is 1030. The van der Waals surface area contributed by atoms with Crippen molar-refractivity contribution < 1.29 is 4.74 Å². The molecule has 2 aromatic carbocycles. The van der Waals surface area contributed by atoms with E-state index < -0.39 is 0 Å². The molecule has 130 valence electrons. The Kier molecular flexibility index (Phi) is 5.25. The summed E-state index contributed by atoms with van der Waals surface area (Å²) in [7, 11) is 0. The molecule has 0 radical (unpaired) electrons. The van der Waals surface area contributed by atoms with E-state index in [4.69, 9.17) is 10.00 Å². The first kappa shape index (κ1) is 17.2. The SMILES string of the molecule is CCn1c(N/N=C\c2ccc(OCC#N)cc2)nc2ccccc2c1=O. The van der Waals surface area contributed by atoms with Crippen molar-refractivity contribution in [2.75, 3.05) is 12.0 Å². The van der Waals surface area contributed by atoms with Crippen LogP contribution in [0.15, 0.2) is 58.4 Å². The summed E-state index contributed by atoms with van der Waals surface area (Å²) >= 11 is 0. The van der Waals surface area contributed by atoms with Gasteiger partial charge in [-0.25, -0.2) is 10.4 Å². The normalized spacial score (nSPS) is 10.8. The fourth-order valence-electron chi connectivity index (χ4n) is 2.48. The van der Waals surface area contributed by atoms with Crippen LogP contribution in [-0.4, -0.2) is 22.4 Å². The zero-order chi connectivity index (χ0) is 18.4. The highest BCUT2D eigenvalue weighted by Gasteiger charge is 2.08. The van der Waals surface area contributed by atoms with Gasteiger partial charge < -0.3 is 4.74 Å². The molecule has 0 aliphatic rings. The molecule has 0 bridgehead atoms. The molecule has 0 amide bonds. The average Bonchev–Trinajstić information content (AvgIpc) is 2.68. The van der Waals surface area contributed by atoms with Gasteiger partial charge in [0, 0.05) is 6.54 Å². The zero-order valence-electron chi connectivity index (χ0n) is 14.2. The third-order valence-corrected chi connectivity index (χ3v) is 3.74. The highest BCUT2D eigenvalue weighted by Crippen LogP contribution is 2.12. The van der Waals surface area contributed by atoms with Crippen molar-refractivity contribution in [3.8, 4) is 11.8 Å². The monoisotopic (exact) mass is 347 g/mol. The van der Waals surface area contributed by atoms with E-state index in [0.717, 1.165) is 5.56 Å². The van der Waals surface area contributed by atoms with Crippen LogP contribution in [0.5, 0.6) is 5.75 Å². The van der Waals surface area contributed by atoms with Crippen molar-refractivity contribution in [3.05, 3.63) is 64.4 Å². The number of hydrazone groups is 1. The molecule has 7 nitrogen and oxygen atoms in total. The van der Waals surface area contributed by atoms with Gasteiger partial charge in [-0.3, -0.25) is 9.36 Å². The second-order valence-corrected chi connectivity index (χ2v) is 5.39. The molecule has 1 N–H and O–H groups in total. The number of rotatable bonds is 6. The number of hydrogen-bond acceptors (Lipinski definition) is 6. The van der Waals surface area contributed by atoms with Gasteiger partial charge in [0.2, 0.25) is 5.95 Å². The molecule has 0 spiro atoms. The van der Waals surface area contributed by atoms with E-state index in [-0.39, 0.29) is 12.2 Å². The number of nitriles is 1. The molecule has 3 rings (SSSR count). The number of hydrogen-bond donors (Lipinski definition) is 1. The highest BCUT2D eigenvalue weighted by molar-refractivity contribution is 5.81. The van der Waals surface area contributed by atoms with Crippen LogP contribution in [0.1, 0.15) is 12.5 Å². The third kappa shape index (κ3) is 3.70. The van der Waals surface area contributed by atoms with Gasteiger partial charge in [-0.2, -0.15) is 10.4 Å². The van der Waals surface area contributed by atoms with Gasteiger partial charge >= 0.3 is 0 Å². The number of para-hydroxylation sites is 1. The first-order valence-electron chi connectivity index (χ1n) is 8.11. The second kappa shape index (κ2) is 7.94. The van der Waals surface area contributed by atoms with Crippen molar-refractivity contribution in [2.24, 2.45) is 5.10 Å². The van der Waals surface area contributed by atoms with Gasteiger partial charge in [0.15, 0.2) is 6.61 Å². The van der Waals surface area contributed by atoms with Crippen molar-refractivity contribution in [1.82, 2.24) is 9.55 Å². The van der Waals surface area contributed by atoms with Crippen molar-refractivity contribution in [2.45, 2.75) is 13.5 Å². The van der Waals surface area contributed by atoms with Gasteiger partial charge in [0.1, 0.15) is 11.8 Å². The van der Waals surface area contributed by atoms with Crippen LogP contribution in [0.2, 0.25) is 0 Å². The van der Waals surface area contributed by atoms with Crippen LogP contribution < -0.4 is 15.7 Å². The lowest BCUT2D eigenvalue weighted by molar-refractivity contribution is 0.368. The maximum absolute atomic E-state index is 12.5. The number of nitrogens with one attached hydrogen (secondary N) is 1. The first-order valence-corrected chi connectivity index (χ1v) is 8.11. The molecule has 26 heavy (non-hydrogen) atoms. The summed E-state index contributed by atoms with van der Waals surface area (Å²) in [5.74, 6) is 1.01. The summed E-state index contributed by atoms with van der Waals surface area (Å²) in [6, 6.07) is 16.3. The highest BCUT2D eigenvalue weighted by atomic mass is 16.5. The fourth-order valence-corrected chi connectivity index (χ4v) is 2.48. The molecule has 0 saturated heterocycles. The largest absolute Gasteiger partial charge is 0.479 e. The lowest BCUT2D eigenvalue weighted by atomic mass is 10.2. The smallest absolute Gasteiger partial charge is 0.262 e. The maximum Gasteiger partial charge on any atom is 0.262 e. The summed E-state index contributed by atoms with van der Waals surface area (Å²) in [4.78, 5) is 17.0. The van der Waals surface area contributed by atoms with Gasteiger partial charge in [-0.1, -0.05) is 12.1 Å². The number of ether oxygens (including phenoxy) is 1. The van der Waals surface area contributed by atoms with E-state index in [9.17, 15) is 4.79 Å². The second-order valence-electron chi connectivity index (χ2n) is 5.39. The van der Waals surface area contributed by atoms with E-state index in [2.05, 4.69) is 15.5 Å². The van der Waals surface area contributed by atoms with Gasteiger partial charge in [0.25, 0.3) is 5.56 Å². The van der Waals surface area contributed by atoms with Crippen molar-refractivity contribution in [3.63, 3.8) is 0 Å². The van der Waals surface area contributed by atoms with E-state index in [1.54, 1.807) is 35.0 Å². The Morgan fingerprint density at radius 1 is 1.27 bits per heavy atom. The Balaban J connectivity index is 1.80. The maximum atomic E-state index is 12.5. The number of aromatic nitrogens is 2. The Morgan fingerprint density at radius 3 is 2.77 bits per heavy atom. The van der Waals surface area contributed by atoms with Gasteiger partial charge in [0.05, 0.1) is 17.1 Å². The third-order valence-electron chi connectivity index (χ3n) is 3.74. The molecule has 7 heteroatoms.